The van der Waals surface area contributed by atoms with E-state index in [0.717, 1.165) is 5.92 Å². The average Bonchev–Trinajstić information content (AvgIpc) is 2.96. The topological polar surface area (TPSA) is 3.88 Å². The summed E-state index contributed by atoms with van der Waals surface area (Å²) < 4.78 is 2.21. The van der Waals surface area contributed by atoms with Crippen LogP contribution in [0.1, 0.15) is 48.3 Å². The van der Waals surface area contributed by atoms with Gasteiger partial charge in [-0.15, -0.1) is 0 Å². The highest BCUT2D eigenvalue weighted by Crippen LogP contribution is 2.35. The van der Waals surface area contributed by atoms with E-state index >= 15 is 0 Å². The van der Waals surface area contributed by atoms with Crippen LogP contribution in [-0.2, 0) is 7.05 Å². The summed E-state index contributed by atoms with van der Waals surface area (Å²) in [6.45, 7) is 4.40. The zero-order valence-electron chi connectivity index (χ0n) is 12.8. The Morgan fingerprint density at radius 2 is 1.75 bits per heavy atom. The molecule has 1 heterocycles. The van der Waals surface area contributed by atoms with Crippen molar-refractivity contribution < 1.29 is 4.57 Å². The van der Waals surface area contributed by atoms with E-state index in [-0.39, 0.29) is 0 Å². The second kappa shape index (κ2) is 5.40. The number of nitrogens with zero attached hydrogens (tertiary/aromatic N) is 1. The maximum atomic E-state index is 2.41. The van der Waals surface area contributed by atoms with E-state index in [9.17, 15) is 0 Å². The minimum atomic E-state index is 0.800. The predicted octanol–water partition coefficient (Wildman–Crippen LogP) is 4.45. The minimum absolute atomic E-state index is 0.800. The largest absolute Gasteiger partial charge is 0.212 e. The molecule has 1 aliphatic rings. The first kappa shape index (κ1) is 13.4. The van der Waals surface area contributed by atoms with Crippen LogP contribution < -0.4 is 4.57 Å². The Bertz CT molecular complexity index is 622. The van der Waals surface area contributed by atoms with Crippen LogP contribution in [0.4, 0.5) is 0 Å². The quantitative estimate of drug-likeness (QED) is 0.707. The minimum Gasteiger partial charge on any atom is -0.201 e. The van der Waals surface area contributed by atoms with Gasteiger partial charge < -0.3 is 0 Å². The second-order valence-corrected chi connectivity index (χ2v) is 6.26. The summed E-state index contributed by atoms with van der Waals surface area (Å²) in [5, 5.41) is 0. The third kappa shape index (κ3) is 2.49. The molecule has 1 fully saturated rings. The lowest BCUT2D eigenvalue weighted by Gasteiger charge is -2.12. The summed E-state index contributed by atoms with van der Waals surface area (Å²) in [6, 6.07) is 11.5. The van der Waals surface area contributed by atoms with Gasteiger partial charge in [-0.1, -0.05) is 25.0 Å². The van der Waals surface area contributed by atoms with Crippen molar-refractivity contribution in [1.82, 2.24) is 0 Å². The molecule has 0 unspecified atom stereocenters. The summed E-state index contributed by atoms with van der Waals surface area (Å²) in [6.07, 6.45) is 7.69. The third-order valence-corrected chi connectivity index (χ3v) is 4.66. The molecule has 0 atom stereocenters. The lowest BCUT2D eigenvalue weighted by atomic mass is 9.93. The molecule has 0 bridgehead atoms. The predicted molar refractivity (Wildman–Crippen MR) is 83.7 cm³/mol. The van der Waals surface area contributed by atoms with Crippen LogP contribution in [-0.4, -0.2) is 0 Å². The lowest BCUT2D eigenvalue weighted by Crippen LogP contribution is -2.30. The molecule has 0 N–H and O–H groups in total. The lowest BCUT2D eigenvalue weighted by molar-refractivity contribution is -0.660. The second-order valence-electron chi connectivity index (χ2n) is 6.26. The molecule has 104 valence electrons. The van der Waals surface area contributed by atoms with Crippen molar-refractivity contribution in [3.05, 3.63) is 53.2 Å². The molecule has 1 aliphatic carbocycles. The Balaban J connectivity index is 2.00. The van der Waals surface area contributed by atoms with E-state index in [1.165, 1.54) is 48.1 Å². The van der Waals surface area contributed by atoms with Crippen molar-refractivity contribution in [2.75, 3.05) is 0 Å². The number of aromatic nitrogens is 1. The van der Waals surface area contributed by atoms with Crippen LogP contribution in [0.3, 0.4) is 0 Å². The summed E-state index contributed by atoms with van der Waals surface area (Å²) in [4.78, 5) is 0. The van der Waals surface area contributed by atoms with Gasteiger partial charge in [0.15, 0.2) is 6.20 Å². The molecule has 0 radical (unpaired) electrons. The van der Waals surface area contributed by atoms with Gasteiger partial charge in [-0.05, 0) is 55.4 Å². The molecule has 20 heavy (non-hydrogen) atoms. The molecule has 1 heteroatoms. The van der Waals surface area contributed by atoms with E-state index < -0.39 is 0 Å². The number of benzene rings is 1. The van der Waals surface area contributed by atoms with E-state index in [1.807, 2.05) is 0 Å². The number of hydrogen-bond acceptors (Lipinski definition) is 0. The molecule has 3 rings (SSSR count). The average molecular weight is 266 g/mol. The van der Waals surface area contributed by atoms with Crippen molar-refractivity contribution in [3.8, 4) is 11.3 Å². The number of pyridine rings is 1. The first-order valence-electron chi connectivity index (χ1n) is 7.72. The maximum Gasteiger partial charge on any atom is 0.212 e. The fourth-order valence-electron chi connectivity index (χ4n) is 3.43. The first-order valence-corrected chi connectivity index (χ1v) is 7.72. The van der Waals surface area contributed by atoms with Crippen LogP contribution in [0.25, 0.3) is 11.3 Å². The summed E-state index contributed by atoms with van der Waals surface area (Å²) in [7, 11) is 2.12. The zero-order chi connectivity index (χ0) is 14.1. The first-order chi connectivity index (χ1) is 9.65. The molecule has 0 saturated heterocycles. The van der Waals surface area contributed by atoms with Crippen molar-refractivity contribution in [2.24, 2.45) is 7.05 Å². The summed E-state index contributed by atoms with van der Waals surface area (Å²) >= 11 is 0. The van der Waals surface area contributed by atoms with Gasteiger partial charge in [0.1, 0.15) is 7.05 Å². The molecule has 1 nitrogen and oxygen atoms in total. The third-order valence-electron chi connectivity index (χ3n) is 4.66. The number of aryl methyl sites for hydroxylation is 3. The van der Waals surface area contributed by atoms with Gasteiger partial charge in [0.2, 0.25) is 5.69 Å². The van der Waals surface area contributed by atoms with Crippen LogP contribution in [0.15, 0.2) is 36.5 Å². The van der Waals surface area contributed by atoms with Gasteiger partial charge in [0.05, 0.1) is 0 Å². The fourth-order valence-corrected chi connectivity index (χ4v) is 3.43. The van der Waals surface area contributed by atoms with Crippen molar-refractivity contribution >= 4 is 0 Å². The number of rotatable bonds is 2. The van der Waals surface area contributed by atoms with E-state index in [0.29, 0.717) is 0 Å². The molecule has 0 spiro atoms. The monoisotopic (exact) mass is 266 g/mol. The zero-order valence-corrected chi connectivity index (χ0v) is 12.8. The van der Waals surface area contributed by atoms with Crippen molar-refractivity contribution in [1.29, 1.82) is 0 Å². The Morgan fingerprint density at radius 3 is 2.45 bits per heavy atom. The standard InChI is InChI=1S/C19H24N/c1-14-10-11-20(3)19(12-14)18-9-8-17(13-15(18)2)16-6-4-5-7-16/h8-13,16H,4-7H2,1-3H3/q+1. The smallest absolute Gasteiger partial charge is 0.201 e. The Labute approximate surface area is 122 Å². The molecule has 1 saturated carbocycles. The molecular formula is C19H24N+. The van der Waals surface area contributed by atoms with Gasteiger partial charge in [-0.3, -0.25) is 0 Å². The molecule has 1 aromatic carbocycles. The van der Waals surface area contributed by atoms with Crippen LogP contribution in [0, 0.1) is 13.8 Å². The summed E-state index contributed by atoms with van der Waals surface area (Å²) in [5.74, 6) is 0.800. The molecule has 1 aromatic heterocycles. The SMILES string of the molecule is Cc1cc[n+](C)c(-c2ccc(C3CCCC3)cc2C)c1. The van der Waals surface area contributed by atoms with Crippen LogP contribution in [0.2, 0.25) is 0 Å². The highest BCUT2D eigenvalue weighted by atomic mass is 14.9. The van der Waals surface area contributed by atoms with Gasteiger partial charge >= 0.3 is 0 Å². The fraction of sp³-hybridized carbons (Fsp3) is 0.421. The van der Waals surface area contributed by atoms with Gasteiger partial charge in [0.25, 0.3) is 0 Å². The maximum absolute atomic E-state index is 2.41. The Hall–Kier alpha value is -1.63. The molecule has 2 aromatic rings. The van der Waals surface area contributed by atoms with E-state index in [1.54, 1.807) is 5.56 Å². The van der Waals surface area contributed by atoms with E-state index in [4.69, 9.17) is 0 Å². The normalized spacial score (nSPS) is 15.8. The molecular weight excluding hydrogens is 242 g/mol. The van der Waals surface area contributed by atoms with Crippen molar-refractivity contribution in [3.63, 3.8) is 0 Å². The van der Waals surface area contributed by atoms with Crippen LogP contribution in [0.5, 0.6) is 0 Å². The van der Waals surface area contributed by atoms with Crippen LogP contribution >= 0.6 is 0 Å². The van der Waals surface area contributed by atoms with Gasteiger partial charge in [-0.25, -0.2) is 4.57 Å². The number of hydrogen-bond donors (Lipinski definition) is 0. The van der Waals surface area contributed by atoms with E-state index in [2.05, 4.69) is 62.0 Å². The Morgan fingerprint density at radius 1 is 1.00 bits per heavy atom. The highest BCUT2D eigenvalue weighted by Gasteiger charge is 2.19. The van der Waals surface area contributed by atoms with Gasteiger partial charge in [0, 0.05) is 17.7 Å². The molecule has 0 amide bonds. The van der Waals surface area contributed by atoms with Crippen molar-refractivity contribution in [2.45, 2.75) is 45.4 Å². The Kier molecular flexibility index (Phi) is 3.60. The summed E-state index contributed by atoms with van der Waals surface area (Å²) in [5.41, 5.74) is 6.92. The van der Waals surface area contributed by atoms with Gasteiger partial charge in [-0.2, -0.15) is 0 Å². The molecule has 0 aliphatic heterocycles. The highest BCUT2D eigenvalue weighted by molar-refractivity contribution is 5.62.